The average molecular weight is 142 g/mol. The summed E-state index contributed by atoms with van der Waals surface area (Å²) in [6.45, 7) is 2.19. The van der Waals surface area contributed by atoms with Crippen molar-refractivity contribution < 1.29 is 9.59 Å². The van der Waals surface area contributed by atoms with Gasteiger partial charge in [0.05, 0.1) is 12.5 Å². The number of carbonyl (C=O) groups excluding carboxylic acids is 2. The number of imide groups is 1. The molecule has 4 heteroatoms. The van der Waals surface area contributed by atoms with Gasteiger partial charge >= 0.3 is 0 Å². The van der Waals surface area contributed by atoms with E-state index in [0.717, 1.165) is 0 Å². The zero-order valence-electron chi connectivity index (χ0n) is 5.83. The van der Waals surface area contributed by atoms with Gasteiger partial charge in [0.25, 0.3) is 0 Å². The largest absolute Gasteiger partial charge is 0.319 e. The van der Waals surface area contributed by atoms with Crippen LogP contribution < -0.4 is 5.73 Å². The lowest BCUT2D eigenvalue weighted by molar-refractivity contribution is -0.138. The van der Waals surface area contributed by atoms with Gasteiger partial charge in [-0.2, -0.15) is 0 Å². The first kappa shape index (κ1) is 7.21. The lowest BCUT2D eigenvalue weighted by atomic mass is 10.3. The molecule has 1 aliphatic heterocycles. The number of hydrogen-bond acceptors (Lipinski definition) is 3. The Bertz CT molecular complexity index is 179. The molecule has 1 saturated heterocycles. The average Bonchev–Trinajstić information content (AvgIpc) is 2.09. The summed E-state index contributed by atoms with van der Waals surface area (Å²) >= 11 is 0. The molecule has 2 N–H and O–H groups in total. The molecule has 1 atom stereocenters. The number of amides is 2. The van der Waals surface area contributed by atoms with Crippen LogP contribution in [-0.2, 0) is 9.59 Å². The third-order valence-corrected chi connectivity index (χ3v) is 1.60. The quantitative estimate of drug-likeness (QED) is 0.482. The monoisotopic (exact) mass is 142 g/mol. The fraction of sp³-hybridized carbons (Fsp3) is 0.667. The van der Waals surface area contributed by atoms with Gasteiger partial charge in [-0.3, -0.25) is 14.5 Å². The van der Waals surface area contributed by atoms with E-state index in [1.54, 1.807) is 6.92 Å². The van der Waals surface area contributed by atoms with Crippen LogP contribution in [-0.4, -0.2) is 29.3 Å². The molecular weight excluding hydrogens is 132 g/mol. The van der Waals surface area contributed by atoms with E-state index in [2.05, 4.69) is 0 Å². The highest BCUT2D eigenvalue weighted by Gasteiger charge is 2.34. The molecule has 0 bridgehead atoms. The molecule has 1 heterocycles. The van der Waals surface area contributed by atoms with Gasteiger partial charge in [0.15, 0.2) is 0 Å². The summed E-state index contributed by atoms with van der Waals surface area (Å²) in [5.74, 6) is -0.396. The van der Waals surface area contributed by atoms with E-state index in [0.29, 0.717) is 6.54 Å². The van der Waals surface area contributed by atoms with Crippen molar-refractivity contribution in [2.24, 2.45) is 5.73 Å². The Morgan fingerprint density at radius 1 is 1.70 bits per heavy atom. The van der Waals surface area contributed by atoms with Crippen LogP contribution in [0.1, 0.15) is 13.3 Å². The van der Waals surface area contributed by atoms with E-state index in [1.807, 2.05) is 0 Å². The van der Waals surface area contributed by atoms with Crippen LogP contribution in [0.3, 0.4) is 0 Å². The molecule has 0 aliphatic carbocycles. The number of carbonyl (C=O) groups is 2. The summed E-state index contributed by atoms with van der Waals surface area (Å²) in [5, 5.41) is 0. The molecule has 0 unspecified atom stereocenters. The highest BCUT2D eigenvalue weighted by atomic mass is 16.2. The molecule has 1 rings (SSSR count). The third-order valence-electron chi connectivity index (χ3n) is 1.60. The van der Waals surface area contributed by atoms with Crippen molar-refractivity contribution in [2.45, 2.75) is 19.4 Å². The van der Waals surface area contributed by atoms with Gasteiger partial charge in [-0.15, -0.1) is 0 Å². The van der Waals surface area contributed by atoms with Gasteiger partial charge in [-0.05, 0) is 6.92 Å². The Kier molecular flexibility index (Phi) is 1.72. The normalized spacial score (nSPS) is 26.2. The summed E-state index contributed by atoms with van der Waals surface area (Å²) in [6, 6.07) is -0.590. The molecule has 0 aromatic rings. The van der Waals surface area contributed by atoms with E-state index in [1.165, 1.54) is 4.90 Å². The SMILES string of the molecule is CCN1C(=O)C[C@H](N)C1=O. The van der Waals surface area contributed by atoms with Gasteiger partial charge in [0.2, 0.25) is 11.8 Å². The molecule has 56 valence electrons. The zero-order chi connectivity index (χ0) is 7.72. The van der Waals surface area contributed by atoms with Crippen molar-refractivity contribution in [1.29, 1.82) is 0 Å². The molecule has 2 amide bonds. The van der Waals surface area contributed by atoms with Crippen LogP contribution in [0.15, 0.2) is 0 Å². The second-order valence-corrected chi connectivity index (χ2v) is 2.29. The minimum Gasteiger partial charge on any atom is -0.319 e. The molecular formula is C6H10N2O2. The van der Waals surface area contributed by atoms with E-state index >= 15 is 0 Å². The fourth-order valence-electron chi connectivity index (χ4n) is 1.04. The van der Waals surface area contributed by atoms with Gasteiger partial charge in [-0.1, -0.05) is 0 Å². The highest BCUT2D eigenvalue weighted by molar-refractivity contribution is 6.05. The summed E-state index contributed by atoms with van der Waals surface area (Å²) in [5.41, 5.74) is 5.32. The van der Waals surface area contributed by atoms with Gasteiger partial charge in [0, 0.05) is 6.54 Å². The molecule has 0 aromatic heterocycles. The minimum atomic E-state index is -0.590. The summed E-state index contributed by atoms with van der Waals surface area (Å²) < 4.78 is 0. The van der Waals surface area contributed by atoms with Crippen LogP contribution >= 0.6 is 0 Å². The third kappa shape index (κ3) is 0.903. The maximum atomic E-state index is 10.9. The lowest BCUT2D eigenvalue weighted by Gasteiger charge is -2.09. The van der Waals surface area contributed by atoms with Crippen LogP contribution in [0.2, 0.25) is 0 Å². The van der Waals surface area contributed by atoms with E-state index < -0.39 is 6.04 Å². The van der Waals surface area contributed by atoms with Crippen molar-refractivity contribution >= 4 is 11.8 Å². The Morgan fingerprint density at radius 3 is 2.50 bits per heavy atom. The molecule has 1 aliphatic rings. The maximum Gasteiger partial charge on any atom is 0.246 e. The predicted molar refractivity (Wildman–Crippen MR) is 35.0 cm³/mol. The number of rotatable bonds is 1. The molecule has 0 radical (unpaired) electrons. The summed E-state index contributed by atoms with van der Waals surface area (Å²) in [4.78, 5) is 23.0. The second-order valence-electron chi connectivity index (χ2n) is 2.29. The maximum absolute atomic E-state index is 10.9. The Hall–Kier alpha value is -0.900. The number of likely N-dealkylation sites (tertiary alicyclic amines) is 1. The van der Waals surface area contributed by atoms with Gasteiger partial charge in [0.1, 0.15) is 0 Å². The minimum absolute atomic E-state index is 0.153. The molecule has 4 nitrogen and oxygen atoms in total. The van der Waals surface area contributed by atoms with E-state index in [9.17, 15) is 9.59 Å². The zero-order valence-corrected chi connectivity index (χ0v) is 5.83. The Labute approximate surface area is 59.0 Å². The molecule has 10 heavy (non-hydrogen) atoms. The number of hydrogen-bond donors (Lipinski definition) is 1. The molecule has 0 saturated carbocycles. The van der Waals surface area contributed by atoms with Crippen molar-refractivity contribution in [3.05, 3.63) is 0 Å². The number of nitrogens with zero attached hydrogens (tertiary/aromatic N) is 1. The smallest absolute Gasteiger partial charge is 0.246 e. The Balaban J connectivity index is 2.74. The number of nitrogens with two attached hydrogens (primary N) is 1. The molecule has 0 spiro atoms. The summed E-state index contributed by atoms with van der Waals surface area (Å²) in [6.07, 6.45) is 0.173. The first-order valence-corrected chi connectivity index (χ1v) is 3.26. The van der Waals surface area contributed by atoms with Crippen molar-refractivity contribution in [1.82, 2.24) is 4.90 Å². The van der Waals surface area contributed by atoms with Crippen LogP contribution in [0.5, 0.6) is 0 Å². The van der Waals surface area contributed by atoms with Gasteiger partial charge in [-0.25, -0.2) is 0 Å². The second kappa shape index (κ2) is 2.38. The first-order chi connectivity index (χ1) is 4.66. The predicted octanol–water partition coefficient (Wildman–Crippen LogP) is -0.908. The van der Waals surface area contributed by atoms with Crippen LogP contribution in [0.4, 0.5) is 0 Å². The lowest BCUT2D eigenvalue weighted by Crippen LogP contribution is -2.34. The van der Waals surface area contributed by atoms with Crippen molar-refractivity contribution in [3.8, 4) is 0 Å². The highest BCUT2D eigenvalue weighted by Crippen LogP contribution is 2.09. The van der Waals surface area contributed by atoms with Crippen molar-refractivity contribution in [2.75, 3.05) is 6.54 Å². The molecule has 1 fully saturated rings. The Morgan fingerprint density at radius 2 is 2.30 bits per heavy atom. The topological polar surface area (TPSA) is 63.4 Å². The first-order valence-electron chi connectivity index (χ1n) is 3.26. The van der Waals surface area contributed by atoms with Crippen LogP contribution in [0.25, 0.3) is 0 Å². The summed E-state index contributed by atoms with van der Waals surface area (Å²) in [7, 11) is 0. The van der Waals surface area contributed by atoms with E-state index in [4.69, 9.17) is 5.73 Å². The van der Waals surface area contributed by atoms with Crippen LogP contribution in [0, 0.1) is 0 Å². The number of likely N-dealkylation sites (N-methyl/N-ethyl adjacent to an activating group) is 1. The molecule has 0 aromatic carbocycles. The van der Waals surface area contributed by atoms with E-state index in [-0.39, 0.29) is 18.2 Å². The fourth-order valence-corrected chi connectivity index (χ4v) is 1.04. The van der Waals surface area contributed by atoms with Crippen molar-refractivity contribution in [3.63, 3.8) is 0 Å². The standard InChI is InChI=1S/C6H10N2O2/c1-2-8-5(9)3-4(7)6(8)10/h4H,2-3,7H2,1H3/t4-/m0/s1. The van der Waals surface area contributed by atoms with Gasteiger partial charge < -0.3 is 5.73 Å².